The molecule has 0 N–H and O–H groups in total. The molecule has 0 spiro atoms. The van der Waals surface area contributed by atoms with E-state index in [1.807, 2.05) is 40.1 Å². The van der Waals surface area contributed by atoms with Gasteiger partial charge in [-0.15, -0.1) is 0 Å². The fourth-order valence-electron chi connectivity index (χ4n) is 4.52. The number of amides is 2. The topological polar surface area (TPSA) is 66.7 Å². The quantitative estimate of drug-likeness (QED) is 0.770. The minimum Gasteiger partial charge on any atom is -0.360 e. The van der Waals surface area contributed by atoms with Crippen LogP contribution >= 0.6 is 0 Å². The predicted octanol–water partition coefficient (Wildman–Crippen LogP) is 3.90. The van der Waals surface area contributed by atoms with Crippen LogP contribution in [0.2, 0.25) is 0 Å². The van der Waals surface area contributed by atoms with E-state index in [9.17, 15) is 9.59 Å². The molecule has 154 valence electrons. The summed E-state index contributed by atoms with van der Waals surface area (Å²) < 4.78 is 5.34. The molecular formula is C23H29N3O3. The number of carbonyl (C=O) groups excluding carboxylic acids is 2. The van der Waals surface area contributed by atoms with Crippen LogP contribution in [0.3, 0.4) is 0 Å². The molecule has 0 unspecified atom stereocenters. The highest BCUT2D eigenvalue weighted by Gasteiger charge is 2.30. The Morgan fingerprint density at radius 1 is 1.03 bits per heavy atom. The number of nitrogens with zero attached hydrogens (tertiary/aromatic N) is 3. The molecule has 4 rings (SSSR count). The Labute approximate surface area is 171 Å². The van der Waals surface area contributed by atoms with Gasteiger partial charge in [-0.3, -0.25) is 9.59 Å². The van der Waals surface area contributed by atoms with Crippen LogP contribution in [-0.4, -0.2) is 52.9 Å². The van der Waals surface area contributed by atoms with Gasteiger partial charge in [0.05, 0.1) is 0 Å². The second-order valence-corrected chi connectivity index (χ2v) is 8.19. The Balaban J connectivity index is 1.36. The zero-order valence-electron chi connectivity index (χ0n) is 17.1. The number of piperazine rings is 1. The van der Waals surface area contributed by atoms with Crippen LogP contribution in [0.15, 0.2) is 34.9 Å². The molecule has 0 radical (unpaired) electrons. The average Bonchev–Trinajstić information content (AvgIpc) is 3.42. The zero-order chi connectivity index (χ0) is 20.2. The summed E-state index contributed by atoms with van der Waals surface area (Å²) in [5.41, 5.74) is 1.98. The molecule has 1 aromatic heterocycles. The Hall–Kier alpha value is -2.63. The average molecular weight is 396 g/mol. The smallest absolute Gasteiger partial charge is 0.259 e. The lowest BCUT2D eigenvalue weighted by Crippen LogP contribution is -2.50. The van der Waals surface area contributed by atoms with Crippen molar-refractivity contribution in [3.8, 4) is 11.3 Å². The van der Waals surface area contributed by atoms with Gasteiger partial charge in [-0.25, -0.2) is 0 Å². The van der Waals surface area contributed by atoms with Gasteiger partial charge in [0.15, 0.2) is 0 Å². The van der Waals surface area contributed by atoms with Gasteiger partial charge < -0.3 is 14.3 Å². The van der Waals surface area contributed by atoms with Crippen molar-refractivity contribution in [3.05, 3.63) is 41.7 Å². The first kappa shape index (κ1) is 19.7. The fraction of sp³-hybridized carbons (Fsp3) is 0.522. The maximum absolute atomic E-state index is 13.2. The van der Waals surface area contributed by atoms with E-state index in [0.29, 0.717) is 49.6 Å². The van der Waals surface area contributed by atoms with E-state index in [1.54, 1.807) is 6.92 Å². The molecule has 1 aliphatic heterocycles. The number of aromatic nitrogens is 1. The van der Waals surface area contributed by atoms with Crippen LogP contribution in [0.1, 0.15) is 54.6 Å². The number of rotatable bonds is 5. The molecule has 1 aliphatic carbocycles. The Kier molecular flexibility index (Phi) is 5.97. The van der Waals surface area contributed by atoms with Gasteiger partial charge in [-0.2, -0.15) is 0 Å². The van der Waals surface area contributed by atoms with Crippen molar-refractivity contribution in [2.45, 2.75) is 45.4 Å². The highest BCUT2D eigenvalue weighted by Crippen LogP contribution is 2.29. The Morgan fingerprint density at radius 2 is 1.69 bits per heavy atom. The van der Waals surface area contributed by atoms with Crippen LogP contribution < -0.4 is 0 Å². The number of aryl methyl sites for hydroxylation is 1. The first-order valence-corrected chi connectivity index (χ1v) is 10.7. The summed E-state index contributed by atoms with van der Waals surface area (Å²) in [7, 11) is 0. The van der Waals surface area contributed by atoms with E-state index < -0.39 is 0 Å². The second-order valence-electron chi connectivity index (χ2n) is 8.19. The normalized spacial score (nSPS) is 17.7. The minimum atomic E-state index is -0.0688. The monoisotopic (exact) mass is 395 g/mol. The van der Waals surface area contributed by atoms with Gasteiger partial charge in [-0.05, 0) is 19.3 Å². The number of hydrogen-bond donors (Lipinski definition) is 0. The van der Waals surface area contributed by atoms with Crippen LogP contribution in [0, 0.1) is 12.8 Å². The Morgan fingerprint density at radius 3 is 2.38 bits per heavy atom. The lowest BCUT2D eigenvalue weighted by Gasteiger charge is -2.35. The largest absolute Gasteiger partial charge is 0.360 e. The molecule has 2 aromatic rings. The van der Waals surface area contributed by atoms with Gasteiger partial charge in [0.25, 0.3) is 5.91 Å². The third kappa shape index (κ3) is 4.36. The standard InChI is InChI=1S/C23H29N3O3/c1-17-21(22(24-29-17)19-9-3-2-4-10-19)23(28)26-15-13-25(14-16-26)20(27)12-11-18-7-5-6-8-18/h2-4,9-10,18H,5-8,11-16H2,1H3. The molecule has 0 bridgehead atoms. The Bertz CT molecular complexity index is 848. The van der Waals surface area contributed by atoms with E-state index in [-0.39, 0.29) is 11.8 Å². The van der Waals surface area contributed by atoms with Crippen LogP contribution in [0.25, 0.3) is 11.3 Å². The van der Waals surface area contributed by atoms with Crippen LogP contribution in [-0.2, 0) is 4.79 Å². The van der Waals surface area contributed by atoms with E-state index in [4.69, 9.17) is 4.52 Å². The van der Waals surface area contributed by atoms with Crippen LogP contribution in [0.5, 0.6) is 0 Å². The van der Waals surface area contributed by atoms with Gasteiger partial charge in [0, 0.05) is 38.2 Å². The molecule has 0 atom stereocenters. The molecule has 2 amide bonds. The number of benzene rings is 1. The van der Waals surface area contributed by atoms with Crippen molar-refractivity contribution in [1.29, 1.82) is 0 Å². The molecule has 6 nitrogen and oxygen atoms in total. The molecule has 2 aliphatic rings. The highest BCUT2D eigenvalue weighted by atomic mass is 16.5. The molecule has 1 aromatic carbocycles. The number of carbonyl (C=O) groups is 2. The predicted molar refractivity (Wildman–Crippen MR) is 110 cm³/mol. The van der Waals surface area contributed by atoms with Crippen molar-refractivity contribution in [2.24, 2.45) is 5.92 Å². The summed E-state index contributed by atoms with van der Waals surface area (Å²) in [5.74, 6) is 1.43. The summed E-state index contributed by atoms with van der Waals surface area (Å²) >= 11 is 0. The van der Waals surface area contributed by atoms with Crippen molar-refractivity contribution in [3.63, 3.8) is 0 Å². The molecule has 6 heteroatoms. The van der Waals surface area contributed by atoms with Gasteiger partial charge in [0.1, 0.15) is 17.0 Å². The summed E-state index contributed by atoms with van der Waals surface area (Å²) in [6.45, 7) is 4.07. The fourth-order valence-corrected chi connectivity index (χ4v) is 4.52. The van der Waals surface area contributed by atoms with Gasteiger partial charge in [-0.1, -0.05) is 61.2 Å². The lowest BCUT2D eigenvalue weighted by molar-refractivity contribution is -0.133. The third-order valence-corrected chi connectivity index (χ3v) is 6.28. The third-order valence-electron chi connectivity index (χ3n) is 6.28. The molecule has 29 heavy (non-hydrogen) atoms. The maximum atomic E-state index is 13.2. The first-order chi connectivity index (χ1) is 14.1. The van der Waals surface area contributed by atoms with Crippen LogP contribution in [0.4, 0.5) is 0 Å². The SMILES string of the molecule is Cc1onc(-c2ccccc2)c1C(=O)N1CCN(C(=O)CCC2CCCC2)CC1. The zero-order valence-corrected chi connectivity index (χ0v) is 17.1. The molecule has 2 fully saturated rings. The van der Waals surface area contributed by atoms with E-state index in [2.05, 4.69) is 5.16 Å². The lowest BCUT2D eigenvalue weighted by atomic mass is 10.0. The van der Waals surface area contributed by atoms with Crippen molar-refractivity contribution >= 4 is 11.8 Å². The summed E-state index contributed by atoms with van der Waals surface area (Å²) in [6.07, 6.45) is 6.83. The van der Waals surface area contributed by atoms with Crippen molar-refractivity contribution in [2.75, 3.05) is 26.2 Å². The van der Waals surface area contributed by atoms with Crippen molar-refractivity contribution < 1.29 is 14.1 Å². The summed E-state index contributed by atoms with van der Waals surface area (Å²) in [4.78, 5) is 29.5. The molecule has 2 heterocycles. The van der Waals surface area contributed by atoms with Crippen molar-refractivity contribution in [1.82, 2.24) is 15.0 Å². The summed E-state index contributed by atoms with van der Waals surface area (Å²) in [6, 6.07) is 9.62. The number of hydrogen-bond acceptors (Lipinski definition) is 4. The maximum Gasteiger partial charge on any atom is 0.259 e. The first-order valence-electron chi connectivity index (χ1n) is 10.7. The highest BCUT2D eigenvalue weighted by molar-refractivity contribution is 6.00. The van der Waals surface area contributed by atoms with Gasteiger partial charge in [0.2, 0.25) is 5.91 Å². The summed E-state index contributed by atoms with van der Waals surface area (Å²) in [5, 5.41) is 4.12. The van der Waals surface area contributed by atoms with E-state index in [0.717, 1.165) is 17.9 Å². The molecular weight excluding hydrogens is 366 g/mol. The van der Waals surface area contributed by atoms with E-state index >= 15 is 0 Å². The second kappa shape index (κ2) is 8.80. The minimum absolute atomic E-state index is 0.0688. The molecule has 1 saturated carbocycles. The molecule has 1 saturated heterocycles. The van der Waals surface area contributed by atoms with E-state index in [1.165, 1.54) is 25.7 Å². The van der Waals surface area contributed by atoms with Gasteiger partial charge >= 0.3 is 0 Å².